The Labute approximate surface area is 183 Å². The molecule has 0 amide bonds. The van der Waals surface area contributed by atoms with Gasteiger partial charge in [-0.2, -0.15) is 0 Å². The van der Waals surface area contributed by atoms with E-state index in [1.807, 2.05) is 6.08 Å². The molecule has 1 aromatic rings. The molecule has 4 nitrogen and oxygen atoms in total. The summed E-state index contributed by atoms with van der Waals surface area (Å²) in [5.74, 6) is 1.48. The van der Waals surface area contributed by atoms with Gasteiger partial charge in [0, 0.05) is 6.04 Å². The first-order valence-corrected chi connectivity index (χ1v) is 12.0. The second kappa shape index (κ2) is 11.3. The minimum absolute atomic E-state index is 0.0945. The van der Waals surface area contributed by atoms with E-state index in [9.17, 15) is 0 Å². The van der Waals surface area contributed by atoms with E-state index in [4.69, 9.17) is 20.2 Å². The summed E-state index contributed by atoms with van der Waals surface area (Å²) < 4.78 is 6.20. The summed E-state index contributed by atoms with van der Waals surface area (Å²) >= 11 is 0. The maximum atomic E-state index is 6.20. The van der Waals surface area contributed by atoms with Gasteiger partial charge in [0.2, 0.25) is 0 Å². The molecule has 0 bridgehead atoms. The van der Waals surface area contributed by atoms with Gasteiger partial charge in [-0.1, -0.05) is 32.1 Å². The maximum Gasteiger partial charge on any atom is 0.119 e. The van der Waals surface area contributed by atoms with Crippen molar-refractivity contribution in [2.24, 2.45) is 5.73 Å². The van der Waals surface area contributed by atoms with Gasteiger partial charge in [-0.15, -0.1) is 6.58 Å². The molecule has 4 heteroatoms. The van der Waals surface area contributed by atoms with Gasteiger partial charge in [-0.25, -0.2) is 9.78 Å². The largest absolute Gasteiger partial charge is 0.490 e. The van der Waals surface area contributed by atoms with E-state index < -0.39 is 0 Å². The lowest BCUT2D eigenvalue weighted by molar-refractivity contribution is -0.391. The summed E-state index contributed by atoms with van der Waals surface area (Å²) in [4.78, 5) is 12.0. The minimum atomic E-state index is -0.187. The van der Waals surface area contributed by atoms with Crippen LogP contribution in [0.5, 0.6) is 5.75 Å². The first kappa shape index (κ1) is 23.3. The Kier molecular flexibility index (Phi) is 8.79. The van der Waals surface area contributed by atoms with Gasteiger partial charge in [0.05, 0.1) is 12.2 Å². The summed E-state index contributed by atoms with van der Waals surface area (Å²) in [5.41, 5.74) is 7.20. The van der Waals surface area contributed by atoms with Crippen LogP contribution in [-0.2, 0) is 9.78 Å². The molecule has 0 aromatic heterocycles. The quantitative estimate of drug-likeness (QED) is 0.271. The van der Waals surface area contributed by atoms with Crippen LogP contribution < -0.4 is 10.5 Å². The average molecular weight is 416 g/mol. The van der Waals surface area contributed by atoms with Gasteiger partial charge in [-0.3, -0.25) is 0 Å². The lowest BCUT2D eigenvalue weighted by atomic mass is 9.74. The highest BCUT2D eigenvalue weighted by molar-refractivity contribution is 5.30. The van der Waals surface area contributed by atoms with Gasteiger partial charge in [0.25, 0.3) is 0 Å². The molecule has 3 atom stereocenters. The maximum absolute atomic E-state index is 6.20. The molecule has 0 saturated heterocycles. The standard InChI is InChI=1S/C26H41NO3/c1-4-8-23(5-2)29-30-26(6-3)18-7-9-21(19-26)20-10-14-24(15-11-20)28-25-16-12-22(27)13-17-25/h4,10-11,14-15,21-23,25H,1,5-9,12-13,16-19,27H2,2-3H3/t21-,22?,23?,25?,26-/m1/s1. The molecule has 0 radical (unpaired) electrons. The summed E-state index contributed by atoms with van der Waals surface area (Å²) in [6.07, 6.45) is 13.7. The molecule has 0 heterocycles. The van der Waals surface area contributed by atoms with Gasteiger partial charge in [0.1, 0.15) is 11.4 Å². The molecule has 168 valence electrons. The molecule has 2 saturated carbocycles. The molecule has 0 spiro atoms. The fraction of sp³-hybridized carbons (Fsp3) is 0.692. The highest BCUT2D eigenvalue weighted by atomic mass is 17.2. The molecule has 2 aliphatic carbocycles. The van der Waals surface area contributed by atoms with Crippen LogP contribution in [-0.4, -0.2) is 23.9 Å². The van der Waals surface area contributed by atoms with Crippen molar-refractivity contribution in [1.82, 2.24) is 0 Å². The van der Waals surface area contributed by atoms with Crippen molar-refractivity contribution in [3.63, 3.8) is 0 Å². The predicted molar refractivity (Wildman–Crippen MR) is 123 cm³/mol. The molecule has 2 N–H and O–H groups in total. The SMILES string of the molecule is C=CCC(CC)OO[C@]1(CC)CCC[C@@H](c2ccc(OC3CCC(N)CC3)cc2)C1. The summed E-state index contributed by atoms with van der Waals surface area (Å²) in [7, 11) is 0. The highest BCUT2D eigenvalue weighted by Crippen LogP contribution is 2.43. The van der Waals surface area contributed by atoms with E-state index >= 15 is 0 Å². The minimum Gasteiger partial charge on any atom is -0.490 e. The second-order valence-corrected chi connectivity index (χ2v) is 9.29. The first-order chi connectivity index (χ1) is 14.6. The highest BCUT2D eigenvalue weighted by Gasteiger charge is 2.38. The van der Waals surface area contributed by atoms with E-state index in [-0.39, 0.29) is 11.7 Å². The van der Waals surface area contributed by atoms with Crippen molar-refractivity contribution in [2.45, 2.75) is 114 Å². The normalized spacial score (nSPS) is 30.6. The zero-order valence-corrected chi connectivity index (χ0v) is 19.0. The molecular weight excluding hydrogens is 374 g/mol. The number of hydrogen-bond donors (Lipinski definition) is 1. The molecule has 30 heavy (non-hydrogen) atoms. The predicted octanol–water partition coefficient (Wildman–Crippen LogP) is 6.44. The fourth-order valence-electron chi connectivity index (χ4n) is 4.91. The Hall–Kier alpha value is -1.36. The smallest absolute Gasteiger partial charge is 0.119 e. The van der Waals surface area contributed by atoms with Crippen LogP contribution >= 0.6 is 0 Å². The summed E-state index contributed by atoms with van der Waals surface area (Å²) in [6, 6.07) is 9.12. The van der Waals surface area contributed by atoms with Crippen LogP contribution in [0.15, 0.2) is 36.9 Å². The molecule has 2 fully saturated rings. The number of hydrogen-bond acceptors (Lipinski definition) is 4. The molecule has 2 aliphatic rings. The lowest BCUT2D eigenvalue weighted by Crippen LogP contribution is -2.38. The third-order valence-electron chi connectivity index (χ3n) is 7.07. The monoisotopic (exact) mass is 415 g/mol. The Morgan fingerprint density at radius 2 is 1.87 bits per heavy atom. The van der Waals surface area contributed by atoms with Crippen LogP contribution in [0, 0.1) is 0 Å². The Bertz CT molecular complexity index is 638. The van der Waals surface area contributed by atoms with Gasteiger partial charge in [-0.05, 0) is 94.2 Å². The number of nitrogens with two attached hydrogens (primary N) is 1. The Morgan fingerprint density at radius 3 is 2.50 bits per heavy atom. The number of benzene rings is 1. The molecule has 3 rings (SSSR count). The number of ether oxygens (including phenoxy) is 1. The second-order valence-electron chi connectivity index (χ2n) is 9.29. The fourth-order valence-corrected chi connectivity index (χ4v) is 4.91. The van der Waals surface area contributed by atoms with E-state index in [2.05, 4.69) is 44.7 Å². The van der Waals surface area contributed by atoms with Gasteiger partial charge in [0.15, 0.2) is 0 Å². The lowest BCUT2D eigenvalue weighted by Gasteiger charge is -2.40. The summed E-state index contributed by atoms with van der Waals surface area (Å²) in [5, 5.41) is 0. The topological polar surface area (TPSA) is 53.7 Å². The summed E-state index contributed by atoms with van der Waals surface area (Å²) in [6.45, 7) is 8.17. The van der Waals surface area contributed by atoms with Crippen molar-refractivity contribution in [1.29, 1.82) is 0 Å². The average Bonchev–Trinajstić information content (AvgIpc) is 2.79. The zero-order chi connectivity index (χ0) is 21.4. The van der Waals surface area contributed by atoms with E-state index in [0.29, 0.717) is 18.1 Å². The third kappa shape index (κ3) is 6.32. The van der Waals surface area contributed by atoms with E-state index in [0.717, 1.165) is 63.5 Å². The molecule has 1 aromatic carbocycles. The zero-order valence-electron chi connectivity index (χ0n) is 19.0. The molecular formula is C26H41NO3. The molecule has 1 unspecified atom stereocenters. The van der Waals surface area contributed by atoms with Crippen LogP contribution in [0.4, 0.5) is 0 Å². The van der Waals surface area contributed by atoms with Crippen LogP contribution in [0.1, 0.15) is 96.0 Å². The number of rotatable bonds is 10. The van der Waals surface area contributed by atoms with Gasteiger partial charge < -0.3 is 10.5 Å². The Balaban J connectivity index is 1.57. The molecule has 0 aliphatic heterocycles. The van der Waals surface area contributed by atoms with Crippen molar-refractivity contribution < 1.29 is 14.5 Å². The Morgan fingerprint density at radius 1 is 1.13 bits per heavy atom. The van der Waals surface area contributed by atoms with Crippen molar-refractivity contribution in [3.8, 4) is 5.75 Å². The van der Waals surface area contributed by atoms with Crippen molar-refractivity contribution in [2.75, 3.05) is 0 Å². The third-order valence-corrected chi connectivity index (χ3v) is 7.07. The van der Waals surface area contributed by atoms with Gasteiger partial charge >= 0.3 is 0 Å². The van der Waals surface area contributed by atoms with Crippen molar-refractivity contribution >= 4 is 0 Å². The first-order valence-electron chi connectivity index (χ1n) is 12.0. The van der Waals surface area contributed by atoms with Crippen molar-refractivity contribution in [3.05, 3.63) is 42.5 Å². The van der Waals surface area contributed by atoms with Crippen LogP contribution in [0.25, 0.3) is 0 Å². The van der Waals surface area contributed by atoms with Crippen LogP contribution in [0.3, 0.4) is 0 Å². The van der Waals surface area contributed by atoms with E-state index in [1.54, 1.807) is 0 Å². The van der Waals surface area contributed by atoms with E-state index in [1.165, 1.54) is 18.4 Å². The van der Waals surface area contributed by atoms with Crippen LogP contribution in [0.2, 0.25) is 0 Å².